The Labute approximate surface area is 209 Å². The molecule has 188 valence electrons. The van der Waals surface area contributed by atoms with Gasteiger partial charge in [0.25, 0.3) is 0 Å². The lowest BCUT2D eigenvalue weighted by Gasteiger charge is -2.31. The first-order valence-electron chi connectivity index (χ1n) is 12.9. The maximum atomic E-state index is 13.2. The number of carbonyl (C=O) groups is 1. The van der Waals surface area contributed by atoms with Crippen LogP contribution in [-0.4, -0.2) is 62.0 Å². The normalized spacial score (nSPS) is 18.1. The zero-order chi connectivity index (χ0) is 24.5. The van der Waals surface area contributed by atoms with Crippen molar-refractivity contribution in [2.24, 2.45) is 5.92 Å². The highest BCUT2D eigenvalue weighted by molar-refractivity contribution is 6.22. The van der Waals surface area contributed by atoms with Gasteiger partial charge in [0.05, 0.1) is 7.11 Å². The molecule has 4 rings (SSSR count). The number of allylic oxidation sites excluding steroid dienone is 1. The first-order chi connectivity index (χ1) is 17.1. The number of Topliss-reactive ketones (excluding diaryl/α,β-unsaturated/α-hetero) is 1. The molecule has 0 unspecified atom stereocenters. The van der Waals surface area contributed by atoms with E-state index < -0.39 is 0 Å². The molecule has 0 atom stereocenters. The van der Waals surface area contributed by atoms with Crippen LogP contribution in [0.3, 0.4) is 0 Å². The van der Waals surface area contributed by atoms with Crippen molar-refractivity contribution >= 4 is 11.4 Å². The van der Waals surface area contributed by atoms with Gasteiger partial charge >= 0.3 is 0 Å². The summed E-state index contributed by atoms with van der Waals surface area (Å²) in [5.74, 6) is 0.995. The summed E-state index contributed by atoms with van der Waals surface area (Å²) in [7, 11) is 1.65. The average molecular weight is 480 g/mol. The lowest BCUT2D eigenvalue weighted by atomic mass is 9.99. The van der Waals surface area contributed by atoms with Crippen molar-refractivity contribution in [3.63, 3.8) is 0 Å². The number of nitrogens with one attached hydrogen (secondary N) is 1. The lowest BCUT2D eigenvalue weighted by molar-refractivity contribution is -0.114. The molecule has 2 fully saturated rings. The summed E-state index contributed by atoms with van der Waals surface area (Å²) in [4.78, 5) is 17.9. The summed E-state index contributed by atoms with van der Waals surface area (Å²) in [5.41, 5.74) is 2.84. The van der Waals surface area contributed by atoms with Gasteiger partial charge in [-0.25, -0.2) is 4.39 Å². The molecule has 6 heteroatoms. The molecule has 0 aromatic heterocycles. The third kappa shape index (κ3) is 7.91. The van der Waals surface area contributed by atoms with Crippen LogP contribution < -0.4 is 10.1 Å². The second-order valence-electron chi connectivity index (χ2n) is 9.69. The first-order valence-corrected chi connectivity index (χ1v) is 12.9. The van der Waals surface area contributed by atoms with Gasteiger partial charge in [0.15, 0.2) is 5.78 Å². The van der Waals surface area contributed by atoms with Gasteiger partial charge in [0.1, 0.15) is 11.6 Å². The zero-order valence-corrected chi connectivity index (χ0v) is 20.8. The van der Waals surface area contributed by atoms with Crippen LogP contribution in [0, 0.1) is 11.7 Å². The molecular formula is C29H38FN3O2. The van der Waals surface area contributed by atoms with Gasteiger partial charge in [-0.05, 0) is 87.1 Å². The third-order valence-corrected chi connectivity index (χ3v) is 6.89. The molecule has 1 aliphatic heterocycles. The summed E-state index contributed by atoms with van der Waals surface area (Å²) in [6, 6.07) is 14.6. The number of carbonyl (C=O) groups excluding carboxylic acids is 1. The minimum absolute atomic E-state index is 0.174. The van der Waals surface area contributed by atoms with Crippen LogP contribution in [0.1, 0.15) is 43.2 Å². The molecule has 5 nitrogen and oxygen atoms in total. The van der Waals surface area contributed by atoms with Crippen LogP contribution in [0.15, 0.2) is 54.7 Å². The maximum absolute atomic E-state index is 13.2. The highest BCUT2D eigenvalue weighted by Gasteiger charge is 2.32. The SMILES string of the molecule is COc1cccc(/C(=C\NCCCN2CCCCN(Cc3ccc(F)cc3)CC2)C(=O)C2CC2)c1. The molecule has 1 saturated carbocycles. The topological polar surface area (TPSA) is 44.8 Å². The van der Waals surface area contributed by atoms with Gasteiger partial charge in [-0.3, -0.25) is 9.69 Å². The molecule has 2 aromatic rings. The molecule has 0 bridgehead atoms. The van der Waals surface area contributed by atoms with Crippen molar-refractivity contribution in [2.75, 3.05) is 46.4 Å². The van der Waals surface area contributed by atoms with Gasteiger partial charge < -0.3 is 15.0 Å². The van der Waals surface area contributed by atoms with E-state index in [1.54, 1.807) is 19.2 Å². The van der Waals surface area contributed by atoms with Crippen LogP contribution in [-0.2, 0) is 11.3 Å². The van der Waals surface area contributed by atoms with E-state index in [1.807, 2.05) is 42.6 Å². The van der Waals surface area contributed by atoms with E-state index >= 15 is 0 Å². The molecule has 0 spiro atoms. The maximum Gasteiger partial charge on any atom is 0.167 e. The van der Waals surface area contributed by atoms with Crippen LogP contribution in [0.25, 0.3) is 5.57 Å². The van der Waals surface area contributed by atoms with Gasteiger partial charge in [0.2, 0.25) is 0 Å². The second-order valence-corrected chi connectivity index (χ2v) is 9.69. The minimum atomic E-state index is -0.177. The Morgan fingerprint density at radius 1 is 1.06 bits per heavy atom. The van der Waals surface area contributed by atoms with Gasteiger partial charge in [-0.2, -0.15) is 0 Å². The molecule has 0 radical (unpaired) electrons. The fraction of sp³-hybridized carbons (Fsp3) is 0.483. The number of nitrogens with zero attached hydrogens (tertiary/aromatic N) is 2. The van der Waals surface area contributed by atoms with Gasteiger partial charge in [0, 0.05) is 43.9 Å². The van der Waals surface area contributed by atoms with E-state index in [0.717, 1.165) is 82.0 Å². The Bertz CT molecular complexity index is 988. The number of ether oxygens (including phenoxy) is 1. The lowest BCUT2D eigenvalue weighted by Crippen LogP contribution is -2.39. The Kier molecular flexibility index (Phi) is 9.32. The van der Waals surface area contributed by atoms with E-state index in [0.29, 0.717) is 0 Å². The molecule has 1 saturated heterocycles. The number of halogens is 1. The van der Waals surface area contributed by atoms with Crippen LogP contribution >= 0.6 is 0 Å². The predicted octanol–water partition coefficient (Wildman–Crippen LogP) is 4.73. The van der Waals surface area contributed by atoms with E-state index in [-0.39, 0.29) is 17.5 Å². The van der Waals surface area contributed by atoms with Crippen molar-refractivity contribution in [1.29, 1.82) is 0 Å². The fourth-order valence-corrected chi connectivity index (χ4v) is 4.64. The van der Waals surface area contributed by atoms with Gasteiger partial charge in [-0.15, -0.1) is 0 Å². The van der Waals surface area contributed by atoms with Crippen LogP contribution in [0.5, 0.6) is 5.75 Å². The number of methoxy groups -OCH3 is 1. The molecule has 1 N–H and O–H groups in total. The molecule has 1 heterocycles. The van der Waals surface area contributed by atoms with Crippen molar-refractivity contribution < 1.29 is 13.9 Å². The standard InChI is InChI=1S/C29H38FN3O2/c1-35-27-7-4-6-25(20-27)28(29(34)24-10-11-24)21-31-14-5-17-32-15-2-3-16-33(19-18-32)22-23-8-12-26(30)13-9-23/h4,6-9,12-13,20-21,24,31H,2-3,5,10-11,14-19,22H2,1H3/b28-21+. The summed E-state index contributed by atoms with van der Waals surface area (Å²) in [5, 5.41) is 3.41. The summed E-state index contributed by atoms with van der Waals surface area (Å²) < 4.78 is 18.5. The average Bonchev–Trinajstić information content (AvgIpc) is 3.71. The number of hydrogen-bond donors (Lipinski definition) is 1. The second kappa shape index (κ2) is 12.8. The Morgan fingerprint density at radius 3 is 2.54 bits per heavy atom. The zero-order valence-electron chi connectivity index (χ0n) is 20.8. The molecule has 2 aliphatic rings. The first kappa shape index (κ1) is 25.4. The highest BCUT2D eigenvalue weighted by Crippen LogP contribution is 2.35. The monoisotopic (exact) mass is 479 g/mol. The Hall–Kier alpha value is -2.70. The molecule has 2 aromatic carbocycles. The number of hydrogen-bond acceptors (Lipinski definition) is 5. The van der Waals surface area contributed by atoms with E-state index in [2.05, 4.69) is 15.1 Å². The van der Waals surface area contributed by atoms with E-state index in [9.17, 15) is 9.18 Å². The third-order valence-electron chi connectivity index (χ3n) is 6.89. The summed E-state index contributed by atoms with van der Waals surface area (Å²) in [6.45, 7) is 7.06. The van der Waals surface area contributed by atoms with Crippen LogP contribution in [0.2, 0.25) is 0 Å². The summed E-state index contributed by atoms with van der Waals surface area (Å²) >= 11 is 0. The minimum Gasteiger partial charge on any atom is -0.497 e. The summed E-state index contributed by atoms with van der Waals surface area (Å²) in [6.07, 6.45) is 7.31. The quantitative estimate of drug-likeness (QED) is 0.373. The molecule has 35 heavy (non-hydrogen) atoms. The predicted molar refractivity (Wildman–Crippen MR) is 139 cm³/mol. The van der Waals surface area contributed by atoms with E-state index in [1.165, 1.54) is 18.4 Å². The molecule has 1 aliphatic carbocycles. The number of benzene rings is 2. The van der Waals surface area contributed by atoms with Crippen molar-refractivity contribution in [3.05, 3.63) is 71.7 Å². The Morgan fingerprint density at radius 2 is 1.80 bits per heavy atom. The van der Waals surface area contributed by atoms with E-state index in [4.69, 9.17) is 4.74 Å². The van der Waals surface area contributed by atoms with Crippen LogP contribution in [0.4, 0.5) is 4.39 Å². The molecule has 0 amide bonds. The van der Waals surface area contributed by atoms with Crippen molar-refractivity contribution in [1.82, 2.24) is 15.1 Å². The largest absolute Gasteiger partial charge is 0.497 e. The fourth-order valence-electron chi connectivity index (χ4n) is 4.64. The van der Waals surface area contributed by atoms with Crippen molar-refractivity contribution in [2.45, 2.75) is 38.6 Å². The van der Waals surface area contributed by atoms with Crippen molar-refractivity contribution in [3.8, 4) is 5.75 Å². The Balaban J connectivity index is 1.25. The number of rotatable bonds is 11. The van der Waals surface area contributed by atoms with Gasteiger partial charge in [-0.1, -0.05) is 24.3 Å². The molecular weight excluding hydrogens is 441 g/mol. The number of ketones is 1. The highest BCUT2D eigenvalue weighted by atomic mass is 19.1. The smallest absolute Gasteiger partial charge is 0.167 e.